The zero-order valence-electron chi connectivity index (χ0n) is 15.2. The van der Waals surface area contributed by atoms with Gasteiger partial charge >= 0.3 is 0 Å². The number of fused-ring (bicyclic) bond motifs is 2. The molecule has 0 unspecified atom stereocenters. The number of sulfonamides is 1. The molecule has 2 fully saturated rings. The van der Waals surface area contributed by atoms with E-state index in [9.17, 15) is 8.42 Å². The lowest BCUT2D eigenvalue weighted by atomic mass is 10.0. The molecule has 3 aliphatic rings. The summed E-state index contributed by atoms with van der Waals surface area (Å²) in [7, 11) is -1.41. The number of aromatic nitrogens is 2. The van der Waals surface area contributed by atoms with Gasteiger partial charge in [0.25, 0.3) is 0 Å². The van der Waals surface area contributed by atoms with Gasteiger partial charge in [-0.25, -0.2) is 13.4 Å². The van der Waals surface area contributed by atoms with Crippen LogP contribution in [0.4, 0.5) is 0 Å². The molecule has 1 aliphatic carbocycles. The van der Waals surface area contributed by atoms with Crippen LogP contribution in [-0.4, -0.2) is 47.2 Å². The van der Waals surface area contributed by atoms with E-state index in [1.165, 1.54) is 0 Å². The molecule has 1 saturated heterocycles. The van der Waals surface area contributed by atoms with Crippen molar-refractivity contribution in [1.82, 2.24) is 13.9 Å². The van der Waals surface area contributed by atoms with Crippen molar-refractivity contribution in [3.63, 3.8) is 0 Å². The first-order valence-corrected chi connectivity index (χ1v) is 11.7. The van der Waals surface area contributed by atoms with Crippen LogP contribution in [0.2, 0.25) is 0 Å². The second-order valence-corrected chi connectivity index (χ2v) is 10.9. The van der Waals surface area contributed by atoms with E-state index in [0.717, 1.165) is 35.7 Å². The fourth-order valence-corrected chi connectivity index (χ4v) is 7.52. The van der Waals surface area contributed by atoms with Gasteiger partial charge in [0.1, 0.15) is 5.75 Å². The molecule has 1 saturated carbocycles. The number of imidazole rings is 1. The number of nitrogens with zero attached hydrogens (tertiary/aromatic N) is 3. The molecule has 0 amide bonds. The van der Waals surface area contributed by atoms with E-state index in [4.69, 9.17) is 4.74 Å². The summed E-state index contributed by atoms with van der Waals surface area (Å²) in [6.07, 6.45) is 6.71. The molecule has 27 heavy (non-hydrogen) atoms. The molecule has 0 radical (unpaired) electrons. The Balaban J connectivity index is 1.27. The molecule has 0 N–H and O–H groups in total. The molecule has 0 spiro atoms. The number of hydrogen-bond acceptors (Lipinski definition) is 5. The molecule has 1 aromatic carbocycles. The summed E-state index contributed by atoms with van der Waals surface area (Å²) >= 11 is 1.83. The van der Waals surface area contributed by atoms with Crippen LogP contribution < -0.4 is 4.74 Å². The fraction of sp³-hybridized carbons (Fsp3) is 0.526. The molecular formula is C19H23N3O3S2. The van der Waals surface area contributed by atoms with E-state index in [2.05, 4.69) is 4.98 Å². The van der Waals surface area contributed by atoms with Crippen molar-refractivity contribution < 1.29 is 13.2 Å². The summed E-state index contributed by atoms with van der Waals surface area (Å²) < 4.78 is 35.5. The Morgan fingerprint density at radius 2 is 2.00 bits per heavy atom. The third-order valence-corrected chi connectivity index (χ3v) is 9.17. The summed E-state index contributed by atoms with van der Waals surface area (Å²) in [6.45, 7) is 1.91. The van der Waals surface area contributed by atoms with Gasteiger partial charge in [0.2, 0.25) is 10.0 Å². The Hall–Kier alpha value is -1.51. The van der Waals surface area contributed by atoms with Crippen LogP contribution >= 0.6 is 11.8 Å². The van der Waals surface area contributed by atoms with Crippen LogP contribution in [-0.2, 0) is 23.5 Å². The zero-order chi connectivity index (χ0) is 18.6. The lowest BCUT2D eigenvalue weighted by Crippen LogP contribution is -2.30. The monoisotopic (exact) mass is 405 g/mol. The normalized spacial score (nSPS) is 27.5. The van der Waals surface area contributed by atoms with Crippen molar-refractivity contribution >= 4 is 21.8 Å². The fourth-order valence-electron chi connectivity index (χ4n) is 4.58. The summed E-state index contributed by atoms with van der Waals surface area (Å²) in [5, 5.41) is 1.58. The van der Waals surface area contributed by atoms with Gasteiger partial charge in [-0.05, 0) is 48.4 Å². The predicted octanol–water partition coefficient (Wildman–Crippen LogP) is 2.55. The topological polar surface area (TPSA) is 64.4 Å². The van der Waals surface area contributed by atoms with Gasteiger partial charge < -0.3 is 9.30 Å². The van der Waals surface area contributed by atoms with Gasteiger partial charge in [-0.3, -0.25) is 0 Å². The van der Waals surface area contributed by atoms with Gasteiger partial charge in [-0.15, -0.1) is 0 Å². The molecule has 3 heterocycles. The molecule has 0 bridgehead atoms. The summed E-state index contributed by atoms with van der Waals surface area (Å²) in [4.78, 5) is 4.81. The molecule has 5 rings (SSSR count). The molecule has 1 aromatic heterocycles. The standard InChI is InChI=1S/C19H23N3O3S2/c1-21-6-5-20-19(21)26-16-8-14-11-22(12-15(14)9-16)27(23,24)17-2-3-18-13(10-17)4-7-25-18/h2-3,5-6,10,14-16H,4,7-9,11-12H2,1H3/t14-,15+,16+. The Kier molecular flexibility index (Phi) is 4.25. The van der Waals surface area contributed by atoms with Crippen LogP contribution in [0.5, 0.6) is 5.75 Å². The third-order valence-electron chi connectivity index (χ3n) is 6.02. The number of rotatable bonds is 4. The van der Waals surface area contributed by atoms with Crippen molar-refractivity contribution in [1.29, 1.82) is 0 Å². The first-order chi connectivity index (χ1) is 13.0. The number of benzene rings is 1. The highest BCUT2D eigenvalue weighted by molar-refractivity contribution is 7.99. The largest absolute Gasteiger partial charge is 0.493 e. The maximum absolute atomic E-state index is 13.1. The molecule has 2 aromatic rings. The van der Waals surface area contributed by atoms with Crippen LogP contribution in [0.15, 0.2) is 40.6 Å². The van der Waals surface area contributed by atoms with Gasteiger partial charge in [0, 0.05) is 44.2 Å². The Bertz CT molecular complexity index is 958. The maximum Gasteiger partial charge on any atom is 0.243 e. The first kappa shape index (κ1) is 17.6. The Morgan fingerprint density at radius 1 is 1.22 bits per heavy atom. The summed E-state index contributed by atoms with van der Waals surface area (Å²) in [5.74, 6) is 1.73. The third kappa shape index (κ3) is 3.07. The van der Waals surface area contributed by atoms with Gasteiger partial charge in [0.15, 0.2) is 5.16 Å². The predicted molar refractivity (Wildman–Crippen MR) is 103 cm³/mol. The second kappa shape index (κ2) is 6.53. The van der Waals surface area contributed by atoms with Crippen molar-refractivity contribution in [2.24, 2.45) is 18.9 Å². The minimum Gasteiger partial charge on any atom is -0.493 e. The quantitative estimate of drug-likeness (QED) is 0.782. The maximum atomic E-state index is 13.1. The van der Waals surface area contributed by atoms with E-state index < -0.39 is 10.0 Å². The summed E-state index contributed by atoms with van der Waals surface area (Å²) in [6, 6.07) is 5.28. The van der Waals surface area contributed by atoms with Gasteiger partial charge in [-0.2, -0.15) is 4.31 Å². The molecular weight excluding hydrogens is 382 g/mol. The minimum atomic E-state index is -3.42. The van der Waals surface area contributed by atoms with E-state index in [1.807, 2.05) is 35.8 Å². The number of thioether (sulfide) groups is 1. The number of aryl methyl sites for hydroxylation is 1. The highest BCUT2D eigenvalue weighted by Crippen LogP contribution is 2.46. The van der Waals surface area contributed by atoms with E-state index in [1.54, 1.807) is 22.5 Å². The second-order valence-electron chi connectivity index (χ2n) is 7.74. The molecule has 3 atom stereocenters. The van der Waals surface area contributed by atoms with Crippen molar-refractivity contribution in [2.75, 3.05) is 19.7 Å². The highest BCUT2D eigenvalue weighted by atomic mass is 32.2. The van der Waals surface area contributed by atoms with E-state index >= 15 is 0 Å². The van der Waals surface area contributed by atoms with Crippen LogP contribution in [0.1, 0.15) is 18.4 Å². The van der Waals surface area contributed by atoms with Gasteiger partial charge in [-0.1, -0.05) is 11.8 Å². The van der Waals surface area contributed by atoms with Crippen LogP contribution in [0.3, 0.4) is 0 Å². The Labute approximate surface area is 164 Å². The first-order valence-electron chi connectivity index (χ1n) is 9.40. The number of hydrogen-bond donors (Lipinski definition) is 0. The smallest absolute Gasteiger partial charge is 0.243 e. The molecule has 6 nitrogen and oxygen atoms in total. The average molecular weight is 406 g/mol. The summed E-state index contributed by atoms with van der Waals surface area (Å²) in [5.41, 5.74) is 1.00. The number of ether oxygens (including phenoxy) is 1. The average Bonchev–Trinajstić information content (AvgIpc) is 3.39. The van der Waals surface area contributed by atoms with Gasteiger partial charge in [0.05, 0.1) is 11.5 Å². The van der Waals surface area contributed by atoms with E-state index in [-0.39, 0.29) is 0 Å². The minimum absolute atomic E-state index is 0.408. The van der Waals surface area contributed by atoms with Crippen molar-refractivity contribution in [3.8, 4) is 5.75 Å². The lowest BCUT2D eigenvalue weighted by molar-refractivity contribution is 0.356. The van der Waals surface area contributed by atoms with E-state index in [0.29, 0.717) is 41.7 Å². The zero-order valence-corrected chi connectivity index (χ0v) is 16.9. The van der Waals surface area contributed by atoms with Crippen LogP contribution in [0, 0.1) is 11.8 Å². The molecule has 8 heteroatoms. The highest BCUT2D eigenvalue weighted by Gasteiger charge is 2.45. The SMILES string of the molecule is Cn1ccnc1S[C@H]1C[C@@H]2CN(S(=O)(=O)c3ccc4c(c3)CCO4)C[C@@H]2C1. The van der Waals surface area contributed by atoms with Crippen molar-refractivity contribution in [2.45, 2.75) is 34.6 Å². The van der Waals surface area contributed by atoms with Crippen LogP contribution in [0.25, 0.3) is 0 Å². The Morgan fingerprint density at radius 3 is 2.70 bits per heavy atom. The molecule has 144 valence electrons. The molecule has 2 aliphatic heterocycles. The lowest BCUT2D eigenvalue weighted by Gasteiger charge is -2.19. The van der Waals surface area contributed by atoms with Crippen molar-refractivity contribution in [3.05, 3.63) is 36.2 Å².